The average molecular weight is 383 g/mol. The first kappa shape index (κ1) is 20.1. The molecule has 1 aromatic heterocycles. The molecular weight excluding hydrogens is 352 g/mol. The van der Waals surface area contributed by atoms with Gasteiger partial charge in [-0.25, -0.2) is 0 Å². The number of hydrogen-bond donors (Lipinski definition) is 1. The number of piperidine rings is 1. The SMILES string of the molecule is Cc1c([C@H](C)NC(=O)CC2CCN(C(=O)Cc3ccccc3)CC2)cnn1C. The molecule has 1 aromatic carbocycles. The second-order valence-electron chi connectivity index (χ2n) is 7.79. The van der Waals surface area contributed by atoms with Gasteiger partial charge in [0.15, 0.2) is 0 Å². The summed E-state index contributed by atoms with van der Waals surface area (Å²) in [6.45, 7) is 5.47. The maximum absolute atomic E-state index is 12.5. The molecule has 6 nitrogen and oxygen atoms in total. The van der Waals surface area contributed by atoms with Crippen molar-refractivity contribution in [2.24, 2.45) is 13.0 Å². The lowest BCUT2D eigenvalue weighted by atomic mass is 9.92. The molecule has 3 rings (SSSR count). The van der Waals surface area contributed by atoms with Crippen LogP contribution in [0.4, 0.5) is 0 Å². The van der Waals surface area contributed by atoms with Gasteiger partial charge in [0.2, 0.25) is 11.8 Å². The van der Waals surface area contributed by atoms with E-state index in [1.165, 1.54) is 0 Å². The molecule has 1 fully saturated rings. The number of benzene rings is 1. The van der Waals surface area contributed by atoms with Gasteiger partial charge in [0.05, 0.1) is 18.7 Å². The maximum Gasteiger partial charge on any atom is 0.226 e. The second-order valence-corrected chi connectivity index (χ2v) is 7.79. The minimum atomic E-state index is -0.0475. The van der Waals surface area contributed by atoms with Gasteiger partial charge in [-0.3, -0.25) is 14.3 Å². The lowest BCUT2D eigenvalue weighted by Crippen LogP contribution is -2.40. The first-order valence-corrected chi connectivity index (χ1v) is 10.0. The Balaban J connectivity index is 1.43. The van der Waals surface area contributed by atoms with E-state index < -0.39 is 0 Å². The molecule has 0 radical (unpaired) electrons. The maximum atomic E-state index is 12.5. The lowest BCUT2D eigenvalue weighted by molar-refractivity contribution is -0.132. The van der Waals surface area contributed by atoms with Crippen molar-refractivity contribution in [3.05, 3.63) is 53.3 Å². The largest absolute Gasteiger partial charge is 0.349 e. The van der Waals surface area contributed by atoms with Crippen LogP contribution in [0.15, 0.2) is 36.5 Å². The summed E-state index contributed by atoms with van der Waals surface area (Å²) in [6.07, 6.45) is 4.55. The molecule has 2 heterocycles. The van der Waals surface area contributed by atoms with Crippen molar-refractivity contribution >= 4 is 11.8 Å². The first-order chi connectivity index (χ1) is 13.4. The average Bonchev–Trinajstić information content (AvgIpc) is 3.02. The van der Waals surface area contributed by atoms with Gasteiger partial charge >= 0.3 is 0 Å². The lowest BCUT2D eigenvalue weighted by Gasteiger charge is -2.32. The monoisotopic (exact) mass is 382 g/mol. The predicted octanol–water partition coefficient (Wildman–Crippen LogP) is 2.78. The zero-order valence-electron chi connectivity index (χ0n) is 17.0. The van der Waals surface area contributed by atoms with Crippen LogP contribution in [-0.4, -0.2) is 39.6 Å². The molecule has 0 aliphatic carbocycles. The Bertz CT molecular complexity index is 807. The number of nitrogens with zero attached hydrogens (tertiary/aromatic N) is 3. The van der Waals surface area contributed by atoms with Crippen molar-refractivity contribution in [1.82, 2.24) is 20.0 Å². The van der Waals surface area contributed by atoms with E-state index in [0.29, 0.717) is 18.8 Å². The van der Waals surface area contributed by atoms with Crippen molar-refractivity contribution in [3.63, 3.8) is 0 Å². The minimum absolute atomic E-state index is 0.0475. The van der Waals surface area contributed by atoms with Crippen molar-refractivity contribution in [3.8, 4) is 0 Å². The van der Waals surface area contributed by atoms with Crippen LogP contribution in [0, 0.1) is 12.8 Å². The summed E-state index contributed by atoms with van der Waals surface area (Å²) in [4.78, 5) is 26.9. The number of hydrogen-bond acceptors (Lipinski definition) is 3. The van der Waals surface area contributed by atoms with E-state index in [2.05, 4.69) is 10.4 Å². The number of aryl methyl sites for hydroxylation is 1. The summed E-state index contributed by atoms with van der Waals surface area (Å²) in [5.74, 6) is 0.586. The molecule has 1 aliphatic heterocycles. The Morgan fingerprint density at radius 2 is 1.89 bits per heavy atom. The second kappa shape index (κ2) is 9.04. The molecule has 28 heavy (non-hydrogen) atoms. The molecule has 1 saturated heterocycles. The summed E-state index contributed by atoms with van der Waals surface area (Å²) in [5, 5.41) is 7.33. The standard InChI is InChI=1S/C22H30N4O2/c1-16(20-15-23-25(3)17(20)2)24-21(27)13-19-9-11-26(12-10-19)22(28)14-18-7-5-4-6-8-18/h4-8,15-16,19H,9-14H2,1-3H3,(H,24,27)/t16-/m0/s1. The highest BCUT2D eigenvalue weighted by molar-refractivity contribution is 5.79. The first-order valence-electron chi connectivity index (χ1n) is 10.0. The van der Waals surface area contributed by atoms with Crippen LogP contribution >= 0.6 is 0 Å². The van der Waals surface area contributed by atoms with Gasteiger partial charge < -0.3 is 10.2 Å². The summed E-state index contributed by atoms with van der Waals surface area (Å²) in [5.41, 5.74) is 3.17. The third-order valence-corrected chi connectivity index (χ3v) is 5.76. The summed E-state index contributed by atoms with van der Waals surface area (Å²) in [6, 6.07) is 9.80. The van der Waals surface area contributed by atoms with Crippen molar-refractivity contribution in [1.29, 1.82) is 0 Å². The number of nitrogens with one attached hydrogen (secondary N) is 1. The molecule has 0 unspecified atom stereocenters. The zero-order chi connectivity index (χ0) is 20.1. The van der Waals surface area contributed by atoms with Gasteiger partial charge in [0.25, 0.3) is 0 Å². The Hall–Kier alpha value is -2.63. The predicted molar refractivity (Wildman–Crippen MR) is 109 cm³/mol. The molecule has 1 aliphatic rings. The molecule has 2 amide bonds. The number of likely N-dealkylation sites (tertiary alicyclic amines) is 1. The highest BCUT2D eigenvalue weighted by Gasteiger charge is 2.25. The van der Waals surface area contributed by atoms with Crippen molar-refractivity contribution < 1.29 is 9.59 Å². The van der Waals surface area contributed by atoms with E-state index in [4.69, 9.17) is 0 Å². The van der Waals surface area contributed by atoms with E-state index in [1.54, 1.807) is 0 Å². The summed E-state index contributed by atoms with van der Waals surface area (Å²) in [7, 11) is 1.90. The summed E-state index contributed by atoms with van der Waals surface area (Å²) < 4.78 is 1.82. The van der Waals surface area contributed by atoms with Crippen LogP contribution < -0.4 is 5.32 Å². The molecule has 0 saturated carbocycles. The molecule has 6 heteroatoms. The Morgan fingerprint density at radius 1 is 1.21 bits per heavy atom. The number of amides is 2. The van der Waals surface area contributed by atoms with E-state index in [1.807, 2.05) is 67.0 Å². The fourth-order valence-corrected chi connectivity index (χ4v) is 3.85. The smallest absolute Gasteiger partial charge is 0.226 e. The van der Waals surface area contributed by atoms with E-state index in [9.17, 15) is 9.59 Å². The van der Waals surface area contributed by atoms with Gasteiger partial charge in [-0.2, -0.15) is 5.10 Å². The number of rotatable bonds is 6. The van der Waals surface area contributed by atoms with Crippen LogP contribution in [0.2, 0.25) is 0 Å². The van der Waals surface area contributed by atoms with Gasteiger partial charge in [0.1, 0.15) is 0 Å². The zero-order valence-corrected chi connectivity index (χ0v) is 17.0. The molecule has 0 spiro atoms. The quantitative estimate of drug-likeness (QED) is 0.835. The van der Waals surface area contributed by atoms with Crippen LogP contribution in [0.5, 0.6) is 0 Å². The fourth-order valence-electron chi connectivity index (χ4n) is 3.85. The van der Waals surface area contributed by atoms with E-state index in [0.717, 1.165) is 42.8 Å². The number of carbonyl (C=O) groups excluding carboxylic acids is 2. The molecule has 1 N–H and O–H groups in total. The Kier molecular flexibility index (Phi) is 6.49. The fraction of sp³-hybridized carbons (Fsp3) is 0.500. The Morgan fingerprint density at radius 3 is 2.50 bits per heavy atom. The number of carbonyl (C=O) groups is 2. The van der Waals surface area contributed by atoms with Crippen LogP contribution in [0.3, 0.4) is 0 Å². The van der Waals surface area contributed by atoms with E-state index in [-0.39, 0.29) is 17.9 Å². The Labute approximate surface area is 166 Å². The van der Waals surface area contributed by atoms with Gasteiger partial charge in [0, 0.05) is 37.8 Å². The number of aromatic nitrogens is 2. The molecule has 150 valence electrons. The minimum Gasteiger partial charge on any atom is -0.349 e. The van der Waals surface area contributed by atoms with Gasteiger partial charge in [-0.05, 0) is 38.2 Å². The van der Waals surface area contributed by atoms with Gasteiger partial charge in [-0.15, -0.1) is 0 Å². The van der Waals surface area contributed by atoms with Crippen molar-refractivity contribution in [2.75, 3.05) is 13.1 Å². The highest BCUT2D eigenvalue weighted by atomic mass is 16.2. The van der Waals surface area contributed by atoms with Crippen LogP contribution in [0.25, 0.3) is 0 Å². The van der Waals surface area contributed by atoms with E-state index >= 15 is 0 Å². The normalized spacial score (nSPS) is 16.0. The summed E-state index contributed by atoms with van der Waals surface area (Å²) >= 11 is 0. The topological polar surface area (TPSA) is 67.2 Å². The third-order valence-electron chi connectivity index (χ3n) is 5.76. The third kappa shape index (κ3) is 5.00. The highest BCUT2D eigenvalue weighted by Crippen LogP contribution is 2.22. The molecular formula is C22H30N4O2. The molecule has 1 atom stereocenters. The molecule has 0 bridgehead atoms. The van der Waals surface area contributed by atoms with Gasteiger partial charge in [-0.1, -0.05) is 30.3 Å². The van der Waals surface area contributed by atoms with Crippen LogP contribution in [-0.2, 0) is 23.1 Å². The van der Waals surface area contributed by atoms with Crippen LogP contribution in [0.1, 0.15) is 49.0 Å². The molecule has 2 aromatic rings. The van der Waals surface area contributed by atoms with Crippen molar-refractivity contribution in [2.45, 2.75) is 45.6 Å².